The molecule has 1 aromatic rings. The van der Waals surface area contributed by atoms with Crippen LogP contribution in [0.15, 0.2) is 18.2 Å². The van der Waals surface area contributed by atoms with Crippen molar-refractivity contribution in [3.05, 3.63) is 23.8 Å². The minimum absolute atomic E-state index is 0. The maximum atomic E-state index is 14.2. The molecule has 42 heavy (non-hydrogen) atoms. The van der Waals surface area contributed by atoms with Gasteiger partial charge in [-0.25, -0.2) is 0 Å². The standard InChI is InChI=1S/C30H49F3N2O6.ClH/c1-20(2)22(16-21-12-13-26(39-4)27(17-21)41-15-9-14-38-3)18-24(34)25(36)19-35-28(37)29(40-5,30(31,32)33)23-10-7-6-8-11-23;/h12-13,17,20,22-25,36H,6-11,14-16,18-19,34H2,1-5H3,(H,35,37);1H/t22?,24?,25?,29-;/m1./s1. The number of nitrogens with one attached hydrogen (secondary N) is 1. The first kappa shape index (κ1) is 38.2. The van der Waals surface area contributed by atoms with E-state index in [1.54, 1.807) is 14.2 Å². The molecular weight excluding hydrogens is 577 g/mol. The molecule has 0 bridgehead atoms. The number of halogens is 4. The van der Waals surface area contributed by atoms with Crippen LogP contribution in [0.1, 0.15) is 64.4 Å². The van der Waals surface area contributed by atoms with E-state index in [2.05, 4.69) is 19.2 Å². The van der Waals surface area contributed by atoms with Crippen molar-refractivity contribution in [2.45, 2.75) is 89.1 Å². The molecule has 1 aliphatic carbocycles. The fourth-order valence-electron chi connectivity index (χ4n) is 5.66. The number of hydrogen-bond acceptors (Lipinski definition) is 7. The van der Waals surface area contributed by atoms with Crippen LogP contribution >= 0.6 is 12.4 Å². The van der Waals surface area contributed by atoms with Crippen molar-refractivity contribution in [3.8, 4) is 11.5 Å². The van der Waals surface area contributed by atoms with E-state index in [9.17, 15) is 23.1 Å². The highest BCUT2D eigenvalue weighted by Crippen LogP contribution is 2.45. The van der Waals surface area contributed by atoms with Crippen molar-refractivity contribution in [2.24, 2.45) is 23.5 Å². The lowest BCUT2D eigenvalue weighted by Crippen LogP contribution is -2.64. The molecule has 0 spiro atoms. The second-order valence-corrected chi connectivity index (χ2v) is 11.3. The topological polar surface area (TPSA) is 112 Å². The van der Waals surface area contributed by atoms with Crippen LogP contribution < -0.4 is 20.5 Å². The quantitative estimate of drug-likeness (QED) is 0.207. The van der Waals surface area contributed by atoms with Crippen LogP contribution in [0.4, 0.5) is 13.2 Å². The number of hydrogen-bond donors (Lipinski definition) is 3. The Kier molecular flexibility index (Phi) is 16.5. The molecule has 1 aliphatic rings. The molecule has 12 heteroatoms. The first-order valence-electron chi connectivity index (χ1n) is 14.5. The molecule has 0 aliphatic heterocycles. The Morgan fingerprint density at radius 3 is 2.31 bits per heavy atom. The molecule has 1 amide bonds. The minimum atomic E-state index is -4.89. The molecular formula is C30H50ClF3N2O6. The molecule has 0 aromatic heterocycles. The molecule has 3 unspecified atom stereocenters. The van der Waals surface area contributed by atoms with Crippen LogP contribution in [-0.2, 0) is 20.7 Å². The van der Waals surface area contributed by atoms with Gasteiger partial charge in [-0.3, -0.25) is 4.79 Å². The van der Waals surface area contributed by atoms with Crippen molar-refractivity contribution in [1.29, 1.82) is 0 Å². The molecule has 1 aromatic carbocycles. The van der Waals surface area contributed by atoms with Crippen LogP contribution in [0.3, 0.4) is 0 Å². The highest BCUT2D eigenvalue weighted by molar-refractivity contribution is 5.86. The molecule has 0 radical (unpaired) electrons. The summed E-state index contributed by atoms with van der Waals surface area (Å²) < 4.78 is 64.1. The van der Waals surface area contributed by atoms with Crippen molar-refractivity contribution in [1.82, 2.24) is 5.32 Å². The summed E-state index contributed by atoms with van der Waals surface area (Å²) in [5.74, 6) is -0.749. The Morgan fingerprint density at radius 2 is 1.76 bits per heavy atom. The monoisotopic (exact) mass is 626 g/mol. The van der Waals surface area contributed by atoms with Crippen molar-refractivity contribution >= 4 is 18.3 Å². The predicted octanol–water partition coefficient (Wildman–Crippen LogP) is 5.07. The van der Waals surface area contributed by atoms with Gasteiger partial charge in [-0.1, -0.05) is 39.2 Å². The van der Waals surface area contributed by atoms with Crippen LogP contribution in [0.25, 0.3) is 0 Å². The number of aliphatic hydroxyl groups is 1. The third-order valence-electron chi connectivity index (χ3n) is 8.22. The summed E-state index contributed by atoms with van der Waals surface area (Å²) >= 11 is 0. The number of rotatable bonds is 17. The number of alkyl halides is 3. The summed E-state index contributed by atoms with van der Waals surface area (Å²) in [6, 6.07) is 4.96. The summed E-state index contributed by atoms with van der Waals surface area (Å²) in [6.45, 7) is 4.76. The Morgan fingerprint density at radius 1 is 1.10 bits per heavy atom. The number of methoxy groups -OCH3 is 3. The van der Waals surface area contributed by atoms with E-state index in [-0.39, 0.29) is 37.1 Å². The molecule has 8 nitrogen and oxygen atoms in total. The summed E-state index contributed by atoms with van der Waals surface area (Å²) in [5.41, 5.74) is 4.38. The van der Waals surface area contributed by atoms with Gasteiger partial charge in [0.2, 0.25) is 5.60 Å². The van der Waals surface area contributed by atoms with E-state index in [0.29, 0.717) is 50.4 Å². The summed E-state index contributed by atoms with van der Waals surface area (Å²) in [6.07, 6.45) is -1.78. The molecule has 2 rings (SSSR count). The Labute approximate surface area is 254 Å². The number of carbonyl (C=O) groups excluding carboxylic acids is 1. The molecule has 4 N–H and O–H groups in total. The van der Waals surface area contributed by atoms with Crippen molar-refractivity contribution in [3.63, 3.8) is 0 Å². The largest absolute Gasteiger partial charge is 0.493 e. The zero-order chi connectivity index (χ0) is 30.6. The zero-order valence-electron chi connectivity index (χ0n) is 25.5. The first-order chi connectivity index (χ1) is 19.4. The van der Waals surface area contributed by atoms with E-state index in [1.165, 1.54) is 0 Å². The summed E-state index contributed by atoms with van der Waals surface area (Å²) in [5, 5.41) is 13.1. The third-order valence-corrected chi connectivity index (χ3v) is 8.22. The number of carbonyl (C=O) groups is 1. The van der Waals surface area contributed by atoms with Crippen LogP contribution in [-0.4, -0.2) is 76.0 Å². The van der Waals surface area contributed by atoms with Gasteiger partial charge in [0.25, 0.3) is 5.91 Å². The normalized spacial score (nSPS) is 18.0. The second kappa shape index (κ2) is 18.1. The van der Waals surface area contributed by atoms with Gasteiger partial charge in [-0.15, -0.1) is 12.4 Å². The van der Waals surface area contributed by atoms with Gasteiger partial charge in [-0.2, -0.15) is 13.2 Å². The highest BCUT2D eigenvalue weighted by atomic mass is 35.5. The molecule has 1 fully saturated rings. The number of amides is 1. The maximum Gasteiger partial charge on any atom is 0.426 e. The van der Waals surface area contributed by atoms with Gasteiger partial charge in [-0.05, 0) is 55.2 Å². The van der Waals surface area contributed by atoms with Crippen molar-refractivity contribution < 1.29 is 42.0 Å². The van der Waals surface area contributed by atoms with Gasteiger partial charge >= 0.3 is 6.18 Å². The number of nitrogens with two attached hydrogens (primary N) is 1. The lowest BCUT2D eigenvalue weighted by Gasteiger charge is -2.41. The fraction of sp³-hybridized carbons (Fsp3) is 0.767. The number of benzene rings is 1. The predicted molar refractivity (Wildman–Crippen MR) is 158 cm³/mol. The van der Waals surface area contributed by atoms with E-state index in [1.807, 2.05) is 18.2 Å². The highest BCUT2D eigenvalue weighted by Gasteiger charge is 2.65. The molecule has 0 heterocycles. The molecule has 1 saturated carbocycles. The number of ether oxygens (including phenoxy) is 4. The van der Waals surface area contributed by atoms with Crippen LogP contribution in [0, 0.1) is 17.8 Å². The lowest BCUT2D eigenvalue weighted by atomic mass is 9.75. The molecule has 244 valence electrons. The molecule has 0 saturated heterocycles. The Balaban J connectivity index is 0.00000882. The SMILES string of the molecule is COCCCOc1cc(CC(CC(N)C(O)CNC(=O)[C@](OC)(C2CCCCC2)C(F)(F)F)C(C)C)ccc1OC.Cl. The van der Waals surface area contributed by atoms with E-state index in [0.717, 1.165) is 25.5 Å². The Bertz CT molecular complexity index is 933. The third kappa shape index (κ3) is 10.1. The van der Waals surface area contributed by atoms with Gasteiger partial charge in [0.1, 0.15) is 0 Å². The summed E-state index contributed by atoms with van der Waals surface area (Å²) in [7, 11) is 4.13. The summed E-state index contributed by atoms with van der Waals surface area (Å²) in [4.78, 5) is 13.0. The van der Waals surface area contributed by atoms with E-state index < -0.39 is 42.3 Å². The van der Waals surface area contributed by atoms with Gasteiger partial charge in [0.15, 0.2) is 11.5 Å². The Hall–Kier alpha value is -1.79. The van der Waals surface area contributed by atoms with Crippen molar-refractivity contribution in [2.75, 3.05) is 41.1 Å². The first-order valence-corrected chi connectivity index (χ1v) is 14.5. The van der Waals surface area contributed by atoms with Gasteiger partial charge < -0.3 is 35.1 Å². The maximum absolute atomic E-state index is 14.2. The average molecular weight is 627 g/mol. The number of aliphatic hydroxyl groups excluding tert-OH is 1. The molecule has 4 atom stereocenters. The van der Waals surface area contributed by atoms with E-state index >= 15 is 0 Å². The van der Waals surface area contributed by atoms with E-state index in [4.69, 9.17) is 24.7 Å². The minimum Gasteiger partial charge on any atom is -0.493 e. The van der Waals surface area contributed by atoms with Crippen LogP contribution in [0.2, 0.25) is 0 Å². The van der Waals surface area contributed by atoms with Crippen LogP contribution in [0.5, 0.6) is 11.5 Å². The van der Waals surface area contributed by atoms with Gasteiger partial charge in [0, 0.05) is 45.8 Å². The fourth-order valence-corrected chi connectivity index (χ4v) is 5.66. The average Bonchev–Trinajstić information content (AvgIpc) is 2.94. The smallest absolute Gasteiger partial charge is 0.426 e. The zero-order valence-corrected chi connectivity index (χ0v) is 26.3. The second-order valence-electron chi connectivity index (χ2n) is 11.3. The lowest BCUT2D eigenvalue weighted by molar-refractivity contribution is -0.279. The van der Waals surface area contributed by atoms with Gasteiger partial charge in [0.05, 0.1) is 19.8 Å².